The topological polar surface area (TPSA) is 52.6 Å². The Balaban J connectivity index is 0. The van der Waals surface area contributed by atoms with Crippen molar-refractivity contribution in [1.29, 1.82) is 0 Å². The van der Waals surface area contributed by atoms with Crippen LogP contribution in [0.2, 0.25) is 0 Å². The summed E-state index contributed by atoms with van der Waals surface area (Å²) in [6.07, 6.45) is 1.73. The molecule has 0 aromatic rings. The van der Waals surface area contributed by atoms with Gasteiger partial charge >= 0.3 is 11.9 Å². The molecule has 0 atom stereocenters. The van der Waals surface area contributed by atoms with Crippen molar-refractivity contribution in [3.05, 3.63) is 23.8 Å². The lowest BCUT2D eigenvalue weighted by Gasteiger charge is -1.98. The van der Waals surface area contributed by atoms with Gasteiger partial charge in [-0.3, -0.25) is 0 Å². The number of rotatable bonds is 3. The molecular weight excluding hydrogens is 208 g/mol. The number of ether oxygens (including phenoxy) is 2. The molecule has 0 radical (unpaired) electrons. The van der Waals surface area contributed by atoms with Gasteiger partial charge in [0.2, 0.25) is 0 Å². The van der Waals surface area contributed by atoms with Crippen LogP contribution in [-0.2, 0) is 19.1 Å². The highest BCUT2D eigenvalue weighted by Crippen LogP contribution is 1.94. The van der Waals surface area contributed by atoms with Gasteiger partial charge in [0.15, 0.2) is 0 Å². The minimum absolute atomic E-state index is 0.222. The van der Waals surface area contributed by atoms with Gasteiger partial charge in [-0.05, 0) is 27.7 Å². The molecule has 4 heteroatoms. The first kappa shape index (κ1) is 16.8. The third-order valence-corrected chi connectivity index (χ3v) is 1.56. The second-order valence-electron chi connectivity index (χ2n) is 2.96. The Morgan fingerprint density at radius 2 is 1.75 bits per heavy atom. The summed E-state index contributed by atoms with van der Waals surface area (Å²) in [5.41, 5.74) is 1.10. The van der Waals surface area contributed by atoms with Crippen LogP contribution < -0.4 is 0 Å². The average Bonchev–Trinajstić information content (AvgIpc) is 2.27. The first-order valence-corrected chi connectivity index (χ1v) is 4.94. The molecule has 0 N–H and O–H groups in total. The summed E-state index contributed by atoms with van der Waals surface area (Å²) >= 11 is 0. The van der Waals surface area contributed by atoms with Crippen LogP contribution in [0.3, 0.4) is 0 Å². The smallest absolute Gasteiger partial charge is 0.333 e. The molecule has 0 aromatic carbocycles. The summed E-state index contributed by atoms with van der Waals surface area (Å²) in [6, 6.07) is 0. The monoisotopic (exact) mass is 228 g/mol. The van der Waals surface area contributed by atoms with Crippen LogP contribution in [0, 0.1) is 0 Å². The second kappa shape index (κ2) is 9.96. The van der Waals surface area contributed by atoms with E-state index in [0.717, 1.165) is 0 Å². The highest BCUT2D eigenvalue weighted by atomic mass is 16.5. The van der Waals surface area contributed by atoms with Crippen molar-refractivity contribution in [2.45, 2.75) is 27.7 Å². The maximum absolute atomic E-state index is 10.7. The number of allylic oxidation sites excluding steroid dienone is 1. The zero-order valence-corrected chi connectivity index (χ0v) is 10.6. The molecule has 0 bridgehead atoms. The maximum Gasteiger partial charge on any atom is 0.333 e. The van der Waals surface area contributed by atoms with Gasteiger partial charge in [-0.25, -0.2) is 9.59 Å². The minimum Gasteiger partial charge on any atom is -0.466 e. The predicted octanol–water partition coefficient (Wildman–Crippen LogP) is 2.25. The average molecular weight is 228 g/mol. The van der Waals surface area contributed by atoms with E-state index in [0.29, 0.717) is 17.8 Å². The molecule has 0 unspecified atom stereocenters. The Kier molecular flexibility index (Phi) is 10.5. The summed E-state index contributed by atoms with van der Waals surface area (Å²) in [6.45, 7) is 10.7. The number of carbonyl (C=O) groups is 2. The predicted molar refractivity (Wildman–Crippen MR) is 62.9 cm³/mol. The molecule has 0 aliphatic carbocycles. The number of hydrogen-bond donors (Lipinski definition) is 0. The van der Waals surface area contributed by atoms with Gasteiger partial charge in [0.05, 0.1) is 13.7 Å². The number of esters is 2. The van der Waals surface area contributed by atoms with Gasteiger partial charge in [0, 0.05) is 11.1 Å². The molecule has 0 rings (SSSR count). The van der Waals surface area contributed by atoms with E-state index < -0.39 is 0 Å². The molecular formula is C12H20O4. The van der Waals surface area contributed by atoms with Crippen molar-refractivity contribution in [2.75, 3.05) is 13.7 Å². The maximum atomic E-state index is 10.7. The van der Waals surface area contributed by atoms with Crippen molar-refractivity contribution in [1.82, 2.24) is 0 Å². The van der Waals surface area contributed by atoms with Crippen molar-refractivity contribution in [3.8, 4) is 0 Å². The Morgan fingerprint density at radius 3 is 1.94 bits per heavy atom. The molecule has 4 nitrogen and oxygen atoms in total. The Labute approximate surface area is 96.9 Å². The standard InChI is InChI=1S/C7H12O2.C5H8O2/c1-4-6(3)7(8)9-5-2;1-4(2)5(6)7-3/h4H,5H2,1-3H3;1H2,2-3H3. The van der Waals surface area contributed by atoms with E-state index in [-0.39, 0.29) is 11.9 Å². The molecule has 0 aliphatic rings. The fraction of sp³-hybridized carbons (Fsp3) is 0.500. The highest BCUT2D eigenvalue weighted by Gasteiger charge is 2.00. The van der Waals surface area contributed by atoms with E-state index in [1.807, 2.05) is 6.92 Å². The zero-order valence-electron chi connectivity index (χ0n) is 10.6. The molecule has 0 aromatic heterocycles. The molecule has 0 fully saturated rings. The van der Waals surface area contributed by atoms with Crippen molar-refractivity contribution in [2.24, 2.45) is 0 Å². The van der Waals surface area contributed by atoms with Gasteiger partial charge in [0.1, 0.15) is 0 Å². The largest absolute Gasteiger partial charge is 0.466 e. The third kappa shape index (κ3) is 8.99. The SMILES string of the molecule is C=C(C)C(=O)OC.CC=C(C)C(=O)OCC. The highest BCUT2D eigenvalue weighted by molar-refractivity contribution is 5.87. The van der Waals surface area contributed by atoms with E-state index in [9.17, 15) is 9.59 Å². The summed E-state index contributed by atoms with van der Waals surface area (Å²) in [4.78, 5) is 20.9. The number of hydrogen-bond acceptors (Lipinski definition) is 4. The summed E-state index contributed by atoms with van der Waals surface area (Å²) in [5.74, 6) is -0.569. The Morgan fingerprint density at radius 1 is 1.25 bits per heavy atom. The number of carbonyl (C=O) groups excluding carboxylic acids is 2. The minimum atomic E-state index is -0.347. The molecule has 0 heterocycles. The second-order valence-corrected chi connectivity index (χ2v) is 2.96. The molecule has 0 spiro atoms. The summed E-state index contributed by atoms with van der Waals surface area (Å²) in [7, 11) is 1.33. The van der Waals surface area contributed by atoms with Crippen LogP contribution in [0.4, 0.5) is 0 Å². The number of methoxy groups -OCH3 is 1. The lowest BCUT2D eigenvalue weighted by molar-refractivity contribution is -0.138. The van der Waals surface area contributed by atoms with Crippen LogP contribution in [-0.4, -0.2) is 25.7 Å². The molecule has 0 amide bonds. The fourth-order valence-electron chi connectivity index (χ4n) is 0.537. The van der Waals surface area contributed by atoms with E-state index in [1.54, 1.807) is 26.8 Å². The van der Waals surface area contributed by atoms with E-state index in [2.05, 4.69) is 16.1 Å². The molecule has 16 heavy (non-hydrogen) atoms. The lowest BCUT2D eigenvalue weighted by Crippen LogP contribution is -2.04. The van der Waals surface area contributed by atoms with Crippen molar-refractivity contribution >= 4 is 11.9 Å². The van der Waals surface area contributed by atoms with Gasteiger partial charge in [0.25, 0.3) is 0 Å². The third-order valence-electron chi connectivity index (χ3n) is 1.56. The van der Waals surface area contributed by atoms with Crippen LogP contribution in [0.15, 0.2) is 23.8 Å². The lowest BCUT2D eigenvalue weighted by atomic mass is 10.3. The van der Waals surface area contributed by atoms with Gasteiger partial charge in [-0.1, -0.05) is 12.7 Å². The first-order chi connectivity index (χ1) is 7.40. The van der Waals surface area contributed by atoms with E-state index in [4.69, 9.17) is 0 Å². The van der Waals surface area contributed by atoms with Crippen molar-refractivity contribution < 1.29 is 19.1 Å². The Hall–Kier alpha value is -1.58. The van der Waals surface area contributed by atoms with Gasteiger partial charge < -0.3 is 9.47 Å². The quantitative estimate of drug-likeness (QED) is 0.549. The van der Waals surface area contributed by atoms with Gasteiger partial charge in [-0.15, -0.1) is 0 Å². The molecule has 0 saturated carbocycles. The van der Waals surface area contributed by atoms with Gasteiger partial charge in [-0.2, -0.15) is 0 Å². The Bertz CT molecular complexity index is 277. The van der Waals surface area contributed by atoms with Crippen LogP contribution in [0.1, 0.15) is 27.7 Å². The molecule has 0 aliphatic heterocycles. The summed E-state index contributed by atoms with van der Waals surface area (Å²) < 4.78 is 8.96. The van der Waals surface area contributed by atoms with Crippen LogP contribution in [0.25, 0.3) is 0 Å². The summed E-state index contributed by atoms with van der Waals surface area (Å²) in [5, 5.41) is 0. The molecule has 92 valence electrons. The van der Waals surface area contributed by atoms with Crippen LogP contribution >= 0.6 is 0 Å². The van der Waals surface area contributed by atoms with Crippen molar-refractivity contribution in [3.63, 3.8) is 0 Å². The van der Waals surface area contributed by atoms with E-state index >= 15 is 0 Å². The van der Waals surface area contributed by atoms with Crippen LogP contribution in [0.5, 0.6) is 0 Å². The van der Waals surface area contributed by atoms with E-state index in [1.165, 1.54) is 7.11 Å². The zero-order chi connectivity index (χ0) is 13.1. The first-order valence-electron chi connectivity index (χ1n) is 4.94. The fourth-order valence-corrected chi connectivity index (χ4v) is 0.537. The molecule has 0 saturated heterocycles. The normalized spacial score (nSPS) is 9.69.